The summed E-state index contributed by atoms with van der Waals surface area (Å²) in [6.07, 6.45) is 0. The lowest BCUT2D eigenvalue weighted by atomic mass is 10.1. The summed E-state index contributed by atoms with van der Waals surface area (Å²) >= 11 is 0. The summed E-state index contributed by atoms with van der Waals surface area (Å²) in [5.41, 5.74) is -1.09. The molecule has 102 valence electrons. The second kappa shape index (κ2) is 5.87. The summed E-state index contributed by atoms with van der Waals surface area (Å²) in [5.74, 6) is -3.64. The molecule has 19 heavy (non-hydrogen) atoms. The number of carboxylic acids is 1. The van der Waals surface area contributed by atoms with Crippen LogP contribution in [0.15, 0.2) is 18.2 Å². The molecule has 0 saturated heterocycles. The Morgan fingerprint density at radius 2 is 2.11 bits per heavy atom. The average Bonchev–Trinajstić information content (AvgIpc) is 2.34. The Bertz CT molecular complexity index is 533. The fraction of sp³-hybridized carbons (Fsp3) is 0.200. The van der Waals surface area contributed by atoms with Crippen LogP contribution in [-0.2, 0) is 4.79 Å². The topological polar surface area (TPSA) is 130 Å². The van der Waals surface area contributed by atoms with Gasteiger partial charge in [0.15, 0.2) is 6.04 Å². The van der Waals surface area contributed by atoms with Gasteiger partial charge in [0.1, 0.15) is 0 Å². The highest BCUT2D eigenvalue weighted by Gasteiger charge is 2.21. The van der Waals surface area contributed by atoms with E-state index in [0.29, 0.717) is 6.07 Å². The molecule has 1 amide bonds. The number of carboxylic acid groups (broad SMARTS) is 1. The molecule has 0 aliphatic carbocycles. The molecule has 0 bridgehead atoms. The average molecular weight is 272 g/mol. The third kappa shape index (κ3) is 3.45. The molecule has 0 radical (unpaired) electrons. The van der Waals surface area contributed by atoms with Crippen LogP contribution in [0.4, 0.5) is 10.1 Å². The molecule has 0 spiro atoms. The number of nitrogens with zero attached hydrogens (tertiary/aromatic N) is 1. The maximum Gasteiger partial charge on any atom is 0.328 e. The summed E-state index contributed by atoms with van der Waals surface area (Å²) in [5, 5.41) is 29.6. The highest BCUT2D eigenvalue weighted by Crippen LogP contribution is 2.17. The molecule has 1 aromatic carbocycles. The number of benzene rings is 1. The molecule has 0 aliphatic rings. The number of nitrogens with one attached hydrogen (secondary N) is 1. The maximum absolute atomic E-state index is 13.3. The molecule has 1 rings (SSSR count). The van der Waals surface area contributed by atoms with E-state index < -0.39 is 41.0 Å². The van der Waals surface area contributed by atoms with Crippen molar-refractivity contribution in [2.45, 2.75) is 6.04 Å². The van der Waals surface area contributed by atoms with E-state index in [1.807, 2.05) is 5.32 Å². The first-order valence-electron chi connectivity index (χ1n) is 4.95. The van der Waals surface area contributed by atoms with Crippen molar-refractivity contribution in [1.29, 1.82) is 0 Å². The highest BCUT2D eigenvalue weighted by molar-refractivity contribution is 5.96. The predicted molar refractivity (Wildman–Crippen MR) is 59.0 cm³/mol. The minimum absolute atomic E-state index is 0.289. The van der Waals surface area contributed by atoms with Crippen molar-refractivity contribution in [1.82, 2.24) is 5.32 Å². The van der Waals surface area contributed by atoms with E-state index in [0.717, 1.165) is 12.1 Å². The summed E-state index contributed by atoms with van der Waals surface area (Å²) < 4.78 is 13.3. The zero-order chi connectivity index (χ0) is 14.6. The molecule has 1 atom stereocenters. The van der Waals surface area contributed by atoms with Gasteiger partial charge >= 0.3 is 11.7 Å². The van der Waals surface area contributed by atoms with Crippen LogP contribution in [0.1, 0.15) is 10.4 Å². The molecule has 0 aromatic heterocycles. The second-order valence-electron chi connectivity index (χ2n) is 3.47. The smallest absolute Gasteiger partial charge is 0.328 e. The molecule has 0 aliphatic heterocycles. The van der Waals surface area contributed by atoms with E-state index in [9.17, 15) is 24.1 Å². The molecule has 0 heterocycles. The van der Waals surface area contributed by atoms with Crippen LogP contribution >= 0.6 is 0 Å². The first-order valence-corrected chi connectivity index (χ1v) is 4.95. The summed E-state index contributed by atoms with van der Waals surface area (Å²) in [4.78, 5) is 31.5. The quantitative estimate of drug-likeness (QED) is 0.507. The van der Waals surface area contributed by atoms with Gasteiger partial charge in [-0.05, 0) is 12.1 Å². The van der Waals surface area contributed by atoms with Crippen molar-refractivity contribution in [2.75, 3.05) is 6.61 Å². The number of hydrogen-bond acceptors (Lipinski definition) is 5. The zero-order valence-corrected chi connectivity index (χ0v) is 9.37. The lowest BCUT2D eigenvalue weighted by molar-refractivity contribution is -0.387. The molecule has 0 saturated carbocycles. The number of rotatable bonds is 5. The van der Waals surface area contributed by atoms with Crippen molar-refractivity contribution in [3.05, 3.63) is 39.7 Å². The van der Waals surface area contributed by atoms with E-state index in [4.69, 9.17) is 10.2 Å². The molecule has 8 nitrogen and oxygen atoms in total. The summed E-state index contributed by atoms with van der Waals surface area (Å²) in [6, 6.07) is 0.848. The largest absolute Gasteiger partial charge is 0.480 e. The van der Waals surface area contributed by atoms with Crippen molar-refractivity contribution in [2.24, 2.45) is 0 Å². The predicted octanol–water partition coefficient (Wildman–Crippen LogP) is -0.0908. The molecule has 3 N–H and O–H groups in total. The maximum atomic E-state index is 13.3. The Hall–Kier alpha value is -2.55. The molecule has 9 heteroatoms. The SMILES string of the molecule is O=C(N[C@H](CO)C(=O)O)c1ccc([N+](=O)[O-])c(F)c1. The van der Waals surface area contributed by atoms with Gasteiger partial charge < -0.3 is 15.5 Å². The van der Waals surface area contributed by atoms with Gasteiger partial charge in [-0.3, -0.25) is 14.9 Å². The Balaban J connectivity index is 2.92. The Labute approximate surface area is 105 Å². The van der Waals surface area contributed by atoms with Crippen molar-refractivity contribution >= 4 is 17.6 Å². The fourth-order valence-electron chi connectivity index (χ4n) is 1.22. The third-order valence-electron chi connectivity index (χ3n) is 2.19. The number of carbonyl (C=O) groups is 2. The van der Waals surface area contributed by atoms with E-state index in [2.05, 4.69) is 0 Å². The van der Waals surface area contributed by atoms with Crippen molar-refractivity contribution in [3.8, 4) is 0 Å². The summed E-state index contributed by atoms with van der Waals surface area (Å²) in [6.45, 7) is -0.837. The number of aliphatic hydroxyl groups is 1. The first-order chi connectivity index (χ1) is 8.86. The Kier molecular flexibility index (Phi) is 4.48. The zero-order valence-electron chi connectivity index (χ0n) is 9.37. The van der Waals surface area contributed by atoms with Crippen LogP contribution in [0.25, 0.3) is 0 Å². The van der Waals surface area contributed by atoms with Crippen LogP contribution in [0.3, 0.4) is 0 Å². The number of halogens is 1. The van der Waals surface area contributed by atoms with E-state index in [1.165, 1.54) is 0 Å². The molecular formula is C10H9FN2O6. The minimum Gasteiger partial charge on any atom is -0.480 e. The number of carbonyl (C=O) groups excluding carboxylic acids is 1. The number of amides is 1. The van der Waals surface area contributed by atoms with Gasteiger partial charge in [-0.15, -0.1) is 0 Å². The summed E-state index contributed by atoms with van der Waals surface area (Å²) in [7, 11) is 0. The number of aliphatic carboxylic acids is 1. The van der Waals surface area contributed by atoms with E-state index in [1.54, 1.807) is 0 Å². The monoisotopic (exact) mass is 272 g/mol. The third-order valence-corrected chi connectivity index (χ3v) is 2.19. The van der Waals surface area contributed by atoms with Crippen LogP contribution in [0, 0.1) is 15.9 Å². The van der Waals surface area contributed by atoms with Gasteiger partial charge in [0, 0.05) is 11.6 Å². The molecule has 0 fully saturated rings. The fourth-order valence-corrected chi connectivity index (χ4v) is 1.22. The second-order valence-corrected chi connectivity index (χ2v) is 3.47. The van der Waals surface area contributed by atoms with Crippen LogP contribution < -0.4 is 5.32 Å². The van der Waals surface area contributed by atoms with Gasteiger partial charge in [0.05, 0.1) is 11.5 Å². The highest BCUT2D eigenvalue weighted by atomic mass is 19.1. The normalized spacial score (nSPS) is 11.7. The lowest BCUT2D eigenvalue weighted by Crippen LogP contribution is -2.43. The Morgan fingerprint density at radius 1 is 1.47 bits per heavy atom. The van der Waals surface area contributed by atoms with Gasteiger partial charge in [0.25, 0.3) is 5.91 Å². The number of nitro benzene ring substituents is 1. The standard InChI is InChI=1S/C10H9FN2O6/c11-6-3-5(1-2-8(6)13(18)19)9(15)12-7(4-14)10(16)17/h1-3,7,14H,4H2,(H,12,15)(H,16,17)/t7-/m1/s1. The molecule has 0 unspecified atom stereocenters. The van der Waals surface area contributed by atoms with Crippen LogP contribution in [0.2, 0.25) is 0 Å². The number of hydrogen-bond donors (Lipinski definition) is 3. The van der Waals surface area contributed by atoms with Gasteiger partial charge in [-0.25, -0.2) is 4.79 Å². The minimum atomic E-state index is -1.54. The molecule has 1 aromatic rings. The van der Waals surface area contributed by atoms with Crippen molar-refractivity contribution in [3.63, 3.8) is 0 Å². The van der Waals surface area contributed by atoms with Gasteiger partial charge in [-0.1, -0.05) is 0 Å². The van der Waals surface area contributed by atoms with Gasteiger partial charge in [0.2, 0.25) is 5.82 Å². The molecular weight excluding hydrogens is 263 g/mol. The Morgan fingerprint density at radius 3 is 2.53 bits per heavy atom. The lowest BCUT2D eigenvalue weighted by Gasteiger charge is -2.11. The van der Waals surface area contributed by atoms with E-state index >= 15 is 0 Å². The van der Waals surface area contributed by atoms with Crippen LogP contribution in [-0.4, -0.2) is 39.7 Å². The number of aliphatic hydroxyl groups excluding tert-OH is 1. The van der Waals surface area contributed by atoms with E-state index in [-0.39, 0.29) is 5.56 Å². The van der Waals surface area contributed by atoms with Gasteiger partial charge in [-0.2, -0.15) is 4.39 Å². The van der Waals surface area contributed by atoms with Crippen molar-refractivity contribution < 1.29 is 29.1 Å². The number of nitro groups is 1. The first kappa shape index (κ1) is 14.5. The van der Waals surface area contributed by atoms with Crippen LogP contribution in [0.5, 0.6) is 0 Å².